The summed E-state index contributed by atoms with van der Waals surface area (Å²) in [6.07, 6.45) is 0.606. The number of hydrogen-bond donors (Lipinski definition) is 0. The smallest absolute Gasteiger partial charge is 0.242 e. The summed E-state index contributed by atoms with van der Waals surface area (Å²) in [4.78, 5) is 34.1. The van der Waals surface area contributed by atoms with Crippen LogP contribution in [-0.2, 0) is 16.2 Å². The Morgan fingerprint density at radius 1 is 0.621 bits per heavy atom. The van der Waals surface area contributed by atoms with Crippen molar-refractivity contribution in [2.24, 2.45) is 0 Å². The van der Waals surface area contributed by atoms with Crippen molar-refractivity contribution in [2.45, 2.75) is 6.42 Å². The van der Waals surface area contributed by atoms with Gasteiger partial charge in [0, 0.05) is 0 Å². The average Bonchev–Trinajstić information content (AvgIpc) is 3.11. The van der Waals surface area contributed by atoms with Crippen LogP contribution in [-0.4, -0.2) is 11.9 Å². The number of fused-ring (bicyclic) bond motifs is 5. The molecular weight excluding hydrogens is 364 g/mol. The van der Waals surface area contributed by atoms with Crippen molar-refractivity contribution < 1.29 is 19.4 Å². The van der Waals surface area contributed by atoms with Gasteiger partial charge >= 0.3 is 11.9 Å². The Morgan fingerprint density at radius 2 is 1.34 bits per heavy atom. The summed E-state index contributed by atoms with van der Waals surface area (Å²) >= 11 is 0. The zero-order valence-corrected chi connectivity index (χ0v) is 15.4. The largest absolute Gasteiger partial charge is 0.386 e. The van der Waals surface area contributed by atoms with Crippen LogP contribution in [0.25, 0.3) is 22.3 Å². The molecule has 0 radical (unpaired) electrons. The molecule has 2 bridgehead atoms. The molecule has 5 rings (SSSR count). The summed E-state index contributed by atoms with van der Waals surface area (Å²) in [6, 6.07) is 26.6. The van der Waals surface area contributed by atoms with E-state index < -0.39 is 11.9 Å². The predicted molar refractivity (Wildman–Crippen MR) is 109 cm³/mol. The Balaban J connectivity index is 1.39. The van der Waals surface area contributed by atoms with Crippen LogP contribution < -0.4 is 0 Å². The van der Waals surface area contributed by atoms with Crippen LogP contribution in [0.3, 0.4) is 0 Å². The van der Waals surface area contributed by atoms with Crippen LogP contribution in [0.5, 0.6) is 0 Å². The lowest BCUT2D eigenvalue weighted by molar-refractivity contribution is -0.187. The minimum absolute atomic E-state index is 0.317. The van der Waals surface area contributed by atoms with Gasteiger partial charge in [0.2, 0.25) is 0 Å². The molecule has 0 amide bonds. The van der Waals surface area contributed by atoms with Gasteiger partial charge in [0.15, 0.2) is 0 Å². The highest BCUT2D eigenvalue weighted by Gasteiger charge is 2.22. The van der Waals surface area contributed by atoms with E-state index in [0.717, 1.165) is 27.8 Å². The zero-order chi connectivity index (χ0) is 19.8. The van der Waals surface area contributed by atoms with Crippen molar-refractivity contribution >= 4 is 11.9 Å². The van der Waals surface area contributed by atoms with Gasteiger partial charge in [-0.1, -0.05) is 60.7 Å². The van der Waals surface area contributed by atoms with Crippen molar-refractivity contribution in [3.05, 3.63) is 107 Å². The number of carbonyl (C=O) groups excluding carboxylic acids is 2. The van der Waals surface area contributed by atoms with Crippen LogP contribution in [0.4, 0.5) is 0 Å². The monoisotopic (exact) mass is 380 g/mol. The minimum Gasteiger partial charge on any atom is -0.242 e. The van der Waals surface area contributed by atoms with E-state index in [1.165, 1.54) is 5.56 Å². The quantitative estimate of drug-likeness (QED) is 0.308. The second-order valence-corrected chi connectivity index (χ2v) is 7.01. The molecule has 0 spiro atoms. The first-order valence-electron chi connectivity index (χ1n) is 9.32. The SMILES string of the molecule is O=C(OOC(=O)c1ccc2cc1Cc1cc3cccc-3ccc1-2)c1ccccc1. The lowest BCUT2D eigenvalue weighted by Crippen LogP contribution is -2.14. The lowest BCUT2D eigenvalue weighted by atomic mass is 9.87. The van der Waals surface area contributed by atoms with Crippen LogP contribution in [0, 0.1) is 0 Å². The zero-order valence-electron chi connectivity index (χ0n) is 15.4. The summed E-state index contributed by atoms with van der Waals surface area (Å²) in [5, 5.41) is 0. The fourth-order valence-corrected chi connectivity index (χ4v) is 3.76. The van der Waals surface area contributed by atoms with Crippen LogP contribution in [0.1, 0.15) is 31.8 Å². The highest BCUT2D eigenvalue weighted by molar-refractivity contribution is 5.94. The van der Waals surface area contributed by atoms with Crippen molar-refractivity contribution in [3.8, 4) is 22.3 Å². The molecule has 0 atom stereocenters. The molecule has 3 aliphatic rings. The van der Waals surface area contributed by atoms with E-state index in [1.807, 2.05) is 18.2 Å². The fourth-order valence-electron chi connectivity index (χ4n) is 3.76. The van der Waals surface area contributed by atoms with Gasteiger partial charge in [-0.05, 0) is 64.1 Å². The topological polar surface area (TPSA) is 52.6 Å². The average molecular weight is 380 g/mol. The van der Waals surface area contributed by atoms with Crippen molar-refractivity contribution in [1.82, 2.24) is 0 Å². The Bertz CT molecular complexity index is 1210. The highest BCUT2D eigenvalue weighted by Crippen LogP contribution is 2.36. The minimum atomic E-state index is -0.708. The van der Waals surface area contributed by atoms with Gasteiger partial charge in [-0.2, -0.15) is 0 Å². The van der Waals surface area contributed by atoms with E-state index in [4.69, 9.17) is 9.78 Å². The summed E-state index contributed by atoms with van der Waals surface area (Å²) in [5.41, 5.74) is 7.26. The van der Waals surface area contributed by atoms with Gasteiger partial charge in [0.25, 0.3) is 0 Å². The first-order chi connectivity index (χ1) is 14.2. The first-order valence-corrected chi connectivity index (χ1v) is 9.32. The normalized spacial score (nSPS) is 11.6. The Hall–Kier alpha value is -3.92. The molecule has 2 aromatic rings. The molecule has 0 fully saturated rings. The van der Waals surface area contributed by atoms with E-state index in [0.29, 0.717) is 17.5 Å². The number of rotatable bonds is 2. The standard InChI is InChI=1S/C25H16O4/c26-24(17-5-2-1-3-6-17)28-29-25(27)23-12-10-19-14-21(23)15-20-13-18-8-4-7-16(18)9-11-22(19)20/h1-14H,15H2. The van der Waals surface area contributed by atoms with E-state index in [9.17, 15) is 9.59 Å². The summed E-state index contributed by atoms with van der Waals surface area (Å²) in [6.45, 7) is 0. The van der Waals surface area contributed by atoms with Gasteiger partial charge in [0.05, 0.1) is 11.1 Å². The third-order valence-corrected chi connectivity index (χ3v) is 5.21. The first kappa shape index (κ1) is 17.2. The summed E-state index contributed by atoms with van der Waals surface area (Å²) in [7, 11) is 0. The van der Waals surface area contributed by atoms with Crippen molar-refractivity contribution in [1.29, 1.82) is 0 Å². The molecule has 3 aliphatic carbocycles. The van der Waals surface area contributed by atoms with Crippen LogP contribution >= 0.6 is 0 Å². The molecule has 0 saturated carbocycles. The van der Waals surface area contributed by atoms with Gasteiger partial charge in [-0.25, -0.2) is 19.4 Å². The third-order valence-electron chi connectivity index (χ3n) is 5.21. The van der Waals surface area contributed by atoms with E-state index in [-0.39, 0.29) is 0 Å². The molecule has 29 heavy (non-hydrogen) atoms. The second-order valence-electron chi connectivity index (χ2n) is 7.01. The number of carbonyl (C=O) groups is 2. The molecule has 4 heteroatoms. The third kappa shape index (κ3) is 3.15. The van der Waals surface area contributed by atoms with Gasteiger partial charge in [0.1, 0.15) is 0 Å². The van der Waals surface area contributed by atoms with E-state index in [2.05, 4.69) is 30.3 Å². The van der Waals surface area contributed by atoms with E-state index in [1.54, 1.807) is 36.4 Å². The van der Waals surface area contributed by atoms with Gasteiger partial charge in [-0.3, -0.25) is 0 Å². The molecule has 0 N–H and O–H groups in total. The Kier molecular flexibility index (Phi) is 4.10. The predicted octanol–water partition coefficient (Wildman–Crippen LogP) is 5.29. The van der Waals surface area contributed by atoms with Gasteiger partial charge < -0.3 is 0 Å². The molecule has 0 unspecified atom stereocenters. The number of hydrogen-bond acceptors (Lipinski definition) is 4. The molecule has 2 aromatic carbocycles. The van der Waals surface area contributed by atoms with Crippen LogP contribution in [0.2, 0.25) is 0 Å². The van der Waals surface area contributed by atoms with Crippen molar-refractivity contribution in [3.63, 3.8) is 0 Å². The summed E-state index contributed by atoms with van der Waals surface area (Å²) < 4.78 is 0. The van der Waals surface area contributed by atoms with E-state index >= 15 is 0 Å². The molecule has 140 valence electrons. The van der Waals surface area contributed by atoms with Crippen LogP contribution in [0.15, 0.2) is 84.9 Å². The summed E-state index contributed by atoms with van der Waals surface area (Å²) in [5.74, 6) is -1.39. The molecule has 0 aliphatic heterocycles. The molecular formula is C25H16O4. The maximum Gasteiger partial charge on any atom is 0.386 e. The Labute approximate surface area is 167 Å². The highest BCUT2D eigenvalue weighted by atomic mass is 17.2. The molecule has 0 heterocycles. The number of benzene rings is 2. The molecule has 0 saturated heterocycles. The molecule has 4 nitrogen and oxygen atoms in total. The van der Waals surface area contributed by atoms with Gasteiger partial charge in [-0.15, -0.1) is 0 Å². The van der Waals surface area contributed by atoms with Crippen molar-refractivity contribution in [2.75, 3.05) is 0 Å². The maximum atomic E-state index is 12.5. The maximum absolute atomic E-state index is 12.5. The fraction of sp³-hybridized carbons (Fsp3) is 0.0400. The second kappa shape index (κ2) is 6.91. The molecule has 0 aromatic heterocycles. The Morgan fingerprint density at radius 3 is 2.21 bits per heavy atom. The lowest BCUT2D eigenvalue weighted by Gasteiger charge is -2.18.